The van der Waals surface area contributed by atoms with Crippen LogP contribution in [0.25, 0.3) is 0 Å². The zero-order chi connectivity index (χ0) is 16.4. The summed E-state index contributed by atoms with van der Waals surface area (Å²) >= 11 is 0. The molecule has 0 bridgehead atoms. The Balaban J connectivity index is 2.40. The Bertz CT molecular complexity index is 463. The van der Waals surface area contributed by atoms with Crippen molar-refractivity contribution in [2.45, 2.75) is 52.1 Å². The lowest BCUT2D eigenvalue weighted by Gasteiger charge is -2.15. The number of urea groups is 1. The van der Waals surface area contributed by atoms with E-state index in [-0.39, 0.29) is 12.1 Å². The Hall–Kier alpha value is -1.91. The first-order chi connectivity index (χ1) is 10.6. The van der Waals surface area contributed by atoms with Gasteiger partial charge in [-0.25, -0.2) is 4.79 Å². The molecule has 5 heteroatoms. The van der Waals surface area contributed by atoms with Gasteiger partial charge in [0.15, 0.2) is 11.5 Å². The third-order valence-corrected chi connectivity index (χ3v) is 3.52. The molecule has 1 rings (SSSR count). The molecule has 0 heterocycles. The fraction of sp³-hybridized carbons (Fsp3) is 0.588. The van der Waals surface area contributed by atoms with Gasteiger partial charge in [0.25, 0.3) is 0 Å². The Morgan fingerprint density at radius 2 is 1.91 bits per heavy atom. The Labute approximate surface area is 133 Å². The van der Waals surface area contributed by atoms with Crippen molar-refractivity contribution in [3.8, 4) is 11.5 Å². The van der Waals surface area contributed by atoms with E-state index in [2.05, 4.69) is 17.6 Å². The molecular weight excluding hydrogens is 280 g/mol. The molecule has 0 radical (unpaired) electrons. The first-order valence-corrected chi connectivity index (χ1v) is 7.86. The number of rotatable bonds is 9. The normalized spacial score (nSPS) is 11.6. The van der Waals surface area contributed by atoms with Crippen molar-refractivity contribution in [1.29, 1.82) is 0 Å². The highest BCUT2D eigenvalue weighted by Crippen LogP contribution is 2.27. The van der Waals surface area contributed by atoms with Crippen LogP contribution in [0.3, 0.4) is 0 Å². The molecule has 0 aromatic heterocycles. The molecule has 1 aromatic rings. The van der Waals surface area contributed by atoms with E-state index in [4.69, 9.17) is 9.47 Å². The van der Waals surface area contributed by atoms with Gasteiger partial charge < -0.3 is 20.1 Å². The van der Waals surface area contributed by atoms with Crippen LogP contribution in [0.1, 0.15) is 45.1 Å². The molecule has 0 aliphatic heterocycles. The van der Waals surface area contributed by atoms with E-state index >= 15 is 0 Å². The molecule has 124 valence electrons. The van der Waals surface area contributed by atoms with Crippen molar-refractivity contribution >= 4 is 6.03 Å². The minimum atomic E-state index is -0.140. The fourth-order valence-corrected chi connectivity index (χ4v) is 2.22. The summed E-state index contributed by atoms with van der Waals surface area (Å²) in [6.07, 6.45) is 4.56. The molecule has 1 aromatic carbocycles. The van der Waals surface area contributed by atoms with Crippen LogP contribution in [0.2, 0.25) is 0 Å². The summed E-state index contributed by atoms with van der Waals surface area (Å²) in [5.41, 5.74) is 0.964. The summed E-state index contributed by atoms with van der Waals surface area (Å²) in [7, 11) is 3.20. The summed E-state index contributed by atoms with van der Waals surface area (Å²) in [6.45, 7) is 4.66. The van der Waals surface area contributed by atoms with Gasteiger partial charge in [0, 0.05) is 12.6 Å². The van der Waals surface area contributed by atoms with Crippen molar-refractivity contribution in [2.75, 3.05) is 14.2 Å². The van der Waals surface area contributed by atoms with E-state index in [9.17, 15) is 4.79 Å². The molecule has 22 heavy (non-hydrogen) atoms. The van der Waals surface area contributed by atoms with Gasteiger partial charge in [-0.15, -0.1) is 0 Å². The van der Waals surface area contributed by atoms with Crippen LogP contribution in [0.5, 0.6) is 11.5 Å². The zero-order valence-corrected chi connectivity index (χ0v) is 14.1. The third-order valence-electron chi connectivity index (χ3n) is 3.52. The van der Waals surface area contributed by atoms with Crippen molar-refractivity contribution in [1.82, 2.24) is 10.6 Å². The number of hydrogen-bond acceptors (Lipinski definition) is 3. The zero-order valence-electron chi connectivity index (χ0n) is 14.1. The predicted octanol–water partition coefficient (Wildman–Crippen LogP) is 3.47. The topological polar surface area (TPSA) is 59.6 Å². The fourth-order valence-electron chi connectivity index (χ4n) is 2.22. The number of benzene rings is 1. The smallest absolute Gasteiger partial charge is 0.315 e. The van der Waals surface area contributed by atoms with Gasteiger partial charge in [-0.3, -0.25) is 0 Å². The van der Waals surface area contributed by atoms with Crippen LogP contribution in [-0.2, 0) is 6.54 Å². The second-order valence-electron chi connectivity index (χ2n) is 5.41. The monoisotopic (exact) mass is 308 g/mol. The van der Waals surface area contributed by atoms with Gasteiger partial charge in [0.2, 0.25) is 0 Å². The highest BCUT2D eigenvalue weighted by molar-refractivity contribution is 5.74. The number of amides is 2. The number of hydrogen-bond donors (Lipinski definition) is 2. The van der Waals surface area contributed by atoms with Crippen LogP contribution in [-0.4, -0.2) is 26.3 Å². The highest BCUT2D eigenvalue weighted by atomic mass is 16.5. The van der Waals surface area contributed by atoms with Crippen LogP contribution >= 0.6 is 0 Å². The van der Waals surface area contributed by atoms with E-state index in [0.29, 0.717) is 18.0 Å². The summed E-state index contributed by atoms with van der Waals surface area (Å²) in [5, 5.41) is 5.82. The largest absolute Gasteiger partial charge is 0.493 e. The lowest BCUT2D eigenvalue weighted by Crippen LogP contribution is -2.40. The quantitative estimate of drug-likeness (QED) is 0.687. The summed E-state index contributed by atoms with van der Waals surface area (Å²) in [5.74, 6) is 1.34. The van der Waals surface area contributed by atoms with Crippen molar-refractivity contribution in [3.05, 3.63) is 23.8 Å². The summed E-state index contributed by atoms with van der Waals surface area (Å²) < 4.78 is 10.4. The average molecular weight is 308 g/mol. The molecule has 0 saturated carbocycles. The van der Waals surface area contributed by atoms with Gasteiger partial charge in [-0.2, -0.15) is 0 Å². The molecule has 2 amide bonds. The number of ether oxygens (including phenoxy) is 2. The van der Waals surface area contributed by atoms with Crippen LogP contribution in [0.4, 0.5) is 4.79 Å². The van der Waals surface area contributed by atoms with Crippen molar-refractivity contribution in [3.63, 3.8) is 0 Å². The van der Waals surface area contributed by atoms with Crippen molar-refractivity contribution in [2.24, 2.45) is 0 Å². The van der Waals surface area contributed by atoms with Crippen molar-refractivity contribution < 1.29 is 14.3 Å². The third kappa shape index (κ3) is 6.24. The number of carbonyl (C=O) groups excluding carboxylic acids is 1. The second kappa shape index (κ2) is 9.92. The molecule has 2 N–H and O–H groups in total. The van der Waals surface area contributed by atoms with E-state index in [0.717, 1.165) is 18.4 Å². The van der Waals surface area contributed by atoms with Crippen LogP contribution < -0.4 is 20.1 Å². The number of nitrogens with one attached hydrogen (secondary N) is 2. The molecular formula is C17H28N2O3. The Kier molecular flexibility index (Phi) is 8.18. The second-order valence-corrected chi connectivity index (χ2v) is 5.41. The Morgan fingerprint density at radius 1 is 1.18 bits per heavy atom. The number of unbranched alkanes of at least 4 members (excludes halogenated alkanes) is 2. The van der Waals surface area contributed by atoms with E-state index in [1.165, 1.54) is 12.8 Å². The average Bonchev–Trinajstić information content (AvgIpc) is 2.52. The maximum Gasteiger partial charge on any atom is 0.315 e. The van der Waals surface area contributed by atoms with E-state index < -0.39 is 0 Å². The lowest BCUT2D eigenvalue weighted by molar-refractivity contribution is 0.236. The standard InChI is InChI=1S/C17H28N2O3/c1-5-6-7-8-13(2)19-17(20)18-12-14-9-10-15(21-3)16(11-14)22-4/h9-11,13H,5-8,12H2,1-4H3,(H2,18,19,20). The van der Waals surface area contributed by atoms with Gasteiger partial charge in [0.1, 0.15) is 0 Å². The maximum absolute atomic E-state index is 11.9. The first kappa shape index (κ1) is 18.1. The minimum Gasteiger partial charge on any atom is -0.493 e. The molecule has 1 atom stereocenters. The molecule has 0 aliphatic rings. The van der Waals surface area contributed by atoms with Gasteiger partial charge in [0.05, 0.1) is 14.2 Å². The predicted molar refractivity (Wildman–Crippen MR) is 88.5 cm³/mol. The molecule has 0 saturated heterocycles. The Morgan fingerprint density at radius 3 is 2.55 bits per heavy atom. The maximum atomic E-state index is 11.9. The van der Waals surface area contributed by atoms with Gasteiger partial charge in [-0.05, 0) is 31.0 Å². The van der Waals surface area contributed by atoms with Gasteiger partial charge >= 0.3 is 6.03 Å². The summed E-state index contributed by atoms with van der Waals surface area (Å²) in [6, 6.07) is 5.66. The number of carbonyl (C=O) groups is 1. The molecule has 0 spiro atoms. The molecule has 1 unspecified atom stereocenters. The lowest BCUT2D eigenvalue weighted by atomic mass is 10.1. The summed E-state index contributed by atoms with van der Waals surface area (Å²) in [4.78, 5) is 11.9. The first-order valence-electron chi connectivity index (χ1n) is 7.86. The SMILES string of the molecule is CCCCCC(C)NC(=O)NCc1ccc(OC)c(OC)c1. The van der Waals surface area contributed by atoms with E-state index in [1.807, 2.05) is 25.1 Å². The highest BCUT2D eigenvalue weighted by Gasteiger charge is 2.08. The van der Waals surface area contributed by atoms with Crippen LogP contribution in [0, 0.1) is 0 Å². The molecule has 0 fully saturated rings. The molecule has 0 aliphatic carbocycles. The van der Waals surface area contributed by atoms with Crippen LogP contribution in [0.15, 0.2) is 18.2 Å². The number of methoxy groups -OCH3 is 2. The van der Waals surface area contributed by atoms with Gasteiger partial charge in [-0.1, -0.05) is 32.3 Å². The minimum absolute atomic E-state index is 0.140. The van der Waals surface area contributed by atoms with E-state index in [1.54, 1.807) is 14.2 Å². The molecule has 5 nitrogen and oxygen atoms in total.